The van der Waals surface area contributed by atoms with E-state index >= 15 is 0 Å². The van der Waals surface area contributed by atoms with E-state index in [1.165, 1.54) is 7.11 Å². The maximum atomic E-state index is 11.0. The van der Waals surface area contributed by atoms with Crippen LogP contribution in [0.3, 0.4) is 0 Å². The normalized spacial score (nSPS) is 11.5. The SMILES string of the molecule is C=C(O)[C@@H](NC(=O)OC)c1ccccc1. The van der Waals surface area contributed by atoms with Gasteiger partial charge in [0.2, 0.25) is 0 Å². The Morgan fingerprint density at radius 2 is 2.07 bits per heavy atom. The quantitative estimate of drug-likeness (QED) is 0.746. The Morgan fingerprint density at radius 1 is 1.47 bits per heavy atom. The zero-order valence-electron chi connectivity index (χ0n) is 8.43. The average molecular weight is 207 g/mol. The van der Waals surface area contributed by atoms with Crippen LogP contribution in [0.2, 0.25) is 0 Å². The number of benzene rings is 1. The molecule has 0 aliphatic carbocycles. The van der Waals surface area contributed by atoms with Gasteiger partial charge in [-0.15, -0.1) is 0 Å². The van der Waals surface area contributed by atoms with Crippen molar-refractivity contribution in [1.29, 1.82) is 0 Å². The van der Waals surface area contributed by atoms with E-state index in [1.807, 2.05) is 18.2 Å². The summed E-state index contributed by atoms with van der Waals surface area (Å²) in [7, 11) is 1.26. The molecule has 4 nitrogen and oxygen atoms in total. The summed E-state index contributed by atoms with van der Waals surface area (Å²) in [6.07, 6.45) is -0.612. The van der Waals surface area contributed by atoms with E-state index in [0.717, 1.165) is 5.56 Å². The molecular weight excluding hydrogens is 194 g/mol. The number of alkyl carbamates (subject to hydrolysis) is 1. The average Bonchev–Trinajstić information content (AvgIpc) is 2.26. The first kappa shape index (κ1) is 11.1. The fourth-order valence-corrected chi connectivity index (χ4v) is 1.18. The Kier molecular flexibility index (Phi) is 3.74. The molecule has 0 saturated carbocycles. The van der Waals surface area contributed by atoms with Crippen LogP contribution in [0.5, 0.6) is 0 Å². The van der Waals surface area contributed by atoms with Crippen LogP contribution < -0.4 is 5.32 Å². The third-order valence-corrected chi connectivity index (χ3v) is 1.91. The first-order valence-electron chi connectivity index (χ1n) is 4.42. The van der Waals surface area contributed by atoms with Crippen LogP contribution in [0.15, 0.2) is 42.7 Å². The van der Waals surface area contributed by atoms with Gasteiger partial charge in [0.1, 0.15) is 11.8 Å². The summed E-state index contributed by atoms with van der Waals surface area (Å²) >= 11 is 0. The summed E-state index contributed by atoms with van der Waals surface area (Å²) in [4.78, 5) is 11.0. The van der Waals surface area contributed by atoms with Gasteiger partial charge < -0.3 is 15.2 Å². The Morgan fingerprint density at radius 3 is 2.53 bits per heavy atom. The molecule has 0 heterocycles. The lowest BCUT2D eigenvalue weighted by atomic mass is 10.1. The van der Waals surface area contributed by atoms with Crippen molar-refractivity contribution in [2.24, 2.45) is 0 Å². The first-order chi connectivity index (χ1) is 7.15. The van der Waals surface area contributed by atoms with Crippen LogP contribution in [0, 0.1) is 0 Å². The monoisotopic (exact) mass is 207 g/mol. The molecule has 1 aromatic rings. The van der Waals surface area contributed by atoms with Crippen LogP contribution in [0.25, 0.3) is 0 Å². The van der Waals surface area contributed by atoms with E-state index in [4.69, 9.17) is 0 Å². The second-order valence-corrected chi connectivity index (χ2v) is 2.97. The number of hydrogen-bond donors (Lipinski definition) is 2. The predicted octanol–water partition coefficient (Wildman–Crippen LogP) is 2.16. The molecule has 0 radical (unpaired) electrons. The number of hydrogen-bond acceptors (Lipinski definition) is 3. The molecule has 4 heteroatoms. The minimum atomic E-state index is -0.640. The molecule has 0 unspecified atom stereocenters. The van der Waals surface area contributed by atoms with E-state index in [1.54, 1.807) is 12.1 Å². The molecule has 80 valence electrons. The molecular formula is C11H13NO3. The second-order valence-electron chi connectivity index (χ2n) is 2.97. The van der Waals surface area contributed by atoms with Crippen LogP contribution in [-0.2, 0) is 4.74 Å². The molecule has 1 atom stereocenters. The highest BCUT2D eigenvalue weighted by Crippen LogP contribution is 2.18. The highest BCUT2D eigenvalue weighted by atomic mass is 16.5. The summed E-state index contributed by atoms with van der Waals surface area (Å²) in [6, 6.07) is 8.38. The Labute approximate surface area is 88.2 Å². The summed E-state index contributed by atoms with van der Waals surface area (Å²) in [5, 5.41) is 11.8. The van der Waals surface area contributed by atoms with Crippen LogP contribution in [-0.4, -0.2) is 18.3 Å². The zero-order chi connectivity index (χ0) is 11.3. The topological polar surface area (TPSA) is 58.6 Å². The van der Waals surface area contributed by atoms with Gasteiger partial charge in [0.25, 0.3) is 0 Å². The van der Waals surface area contributed by atoms with E-state index < -0.39 is 12.1 Å². The van der Waals surface area contributed by atoms with Crippen molar-refractivity contribution in [3.63, 3.8) is 0 Å². The number of methoxy groups -OCH3 is 1. The molecule has 0 aliphatic rings. The summed E-state index contributed by atoms with van der Waals surface area (Å²) in [5.41, 5.74) is 0.746. The standard InChI is InChI=1S/C11H13NO3/c1-8(13)10(12-11(14)15-2)9-6-4-3-5-7-9/h3-7,10,13H,1H2,2H3,(H,12,14)/t10-/m1/s1. The minimum absolute atomic E-state index is 0.133. The first-order valence-corrected chi connectivity index (χ1v) is 4.42. The highest BCUT2D eigenvalue weighted by molar-refractivity contribution is 5.68. The Hall–Kier alpha value is -1.97. The van der Waals surface area contributed by atoms with Crippen molar-refractivity contribution in [1.82, 2.24) is 5.32 Å². The summed E-state index contributed by atoms with van der Waals surface area (Å²) in [6.45, 7) is 3.40. The second kappa shape index (κ2) is 5.05. The molecule has 0 saturated heterocycles. The van der Waals surface area contributed by atoms with Crippen molar-refractivity contribution in [2.45, 2.75) is 6.04 Å². The highest BCUT2D eigenvalue weighted by Gasteiger charge is 2.16. The molecule has 1 amide bonds. The van der Waals surface area contributed by atoms with Gasteiger partial charge in [0, 0.05) is 0 Å². The van der Waals surface area contributed by atoms with Crippen molar-refractivity contribution < 1.29 is 14.6 Å². The molecule has 2 N–H and O–H groups in total. The lowest BCUT2D eigenvalue weighted by molar-refractivity contribution is 0.165. The minimum Gasteiger partial charge on any atom is -0.510 e. The van der Waals surface area contributed by atoms with Crippen molar-refractivity contribution >= 4 is 6.09 Å². The van der Waals surface area contributed by atoms with Gasteiger partial charge in [-0.3, -0.25) is 0 Å². The third kappa shape index (κ3) is 3.02. The fourth-order valence-electron chi connectivity index (χ4n) is 1.18. The maximum absolute atomic E-state index is 11.0. The largest absolute Gasteiger partial charge is 0.510 e. The number of carbonyl (C=O) groups is 1. The van der Waals surface area contributed by atoms with Gasteiger partial charge >= 0.3 is 6.09 Å². The molecule has 15 heavy (non-hydrogen) atoms. The maximum Gasteiger partial charge on any atom is 0.407 e. The number of carbonyl (C=O) groups excluding carboxylic acids is 1. The van der Waals surface area contributed by atoms with Crippen molar-refractivity contribution in [2.75, 3.05) is 7.11 Å². The summed E-state index contributed by atoms with van der Waals surface area (Å²) < 4.78 is 4.45. The molecule has 0 spiro atoms. The van der Waals surface area contributed by atoms with Gasteiger partial charge in [-0.2, -0.15) is 0 Å². The number of ether oxygens (including phenoxy) is 1. The van der Waals surface area contributed by atoms with Crippen molar-refractivity contribution in [3.05, 3.63) is 48.2 Å². The Bertz CT molecular complexity index is 348. The number of amides is 1. The van der Waals surface area contributed by atoms with Gasteiger partial charge in [0.15, 0.2) is 0 Å². The number of nitrogens with one attached hydrogen (secondary N) is 1. The van der Waals surface area contributed by atoms with Crippen molar-refractivity contribution in [3.8, 4) is 0 Å². The zero-order valence-corrected chi connectivity index (χ0v) is 8.43. The molecule has 1 aromatic carbocycles. The molecule has 0 aliphatic heterocycles. The Balaban J connectivity index is 2.84. The van der Waals surface area contributed by atoms with E-state index in [2.05, 4.69) is 16.6 Å². The molecule has 0 fully saturated rings. The molecule has 0 aromatic heterocycles. The summed E-state index contributed by atoms with van der Waals surface area (Å²) in [5.74, 6) is -0.133. The number of rotatable bonds is 3. The van der Waals surface area contributed by atoms with E-state index in [9.17, 15) is 9.90 Å². The molecule has 0 bridgehead atoms. The number of aliphatic hydroxyl groups excluding tert-OH is 1. The lowest BCUT2D eigenvalue weighted by Crippen LogP contribution is -2.29. The van der Waals surface area contributed by atoms with Gasteiger partial charge in [-0.05, 0) is 5.56 Å². The van der Waals surface area contributed by atoms with Gasteiger partial charge in [-0.25, -0.2) is 4.79 Å². The molecule has 1 rings (SSSR count). The van der Waals surface area contributed by atoms with Gasteiger partial charge in [0.05, 0.1) is 7.11 Å². The van der Waals surface area contributed by atoms with Crippen LogP contribution in [0.1, 0.15) is 11.6 Å². The predicted molar refractivity (Wildman–Crippen MR) is 56.5 cm³/mol. The fraction of sp³-hybridized carbons (Fsp3) is 0.182. The van der Waals surface area contributed by atoms with Crippen LogP contribution in [0.4, 0.5) is 4.79 Å². The van der Waals surface area contributed by atoms with Crippen LogP contribution >= 0.6 is 0 Å². The smallest absolute Gasteiger partial charge is 0.407 e. The van der Waals surface area contributed by atoms with E-state index in [0.29, 0.717) is 0 Å². The third-order valence-electron chi connectivity index (χ3n) is 1.91. The van der Waals surface area contributed by atoms with Gasteiger partial charge in [-0.1, -0.05) is 36.9 Å². The van der Waals surface area contributed by atoms with E-state index in [-0.39, 0.29) is 5.76 Å². The lowest BCUT2D eigenvalue weighted by Gasteiger charge is -2.16. The number of aliphatic hydroxyl groups is 1.